The highest BCUT2D eigenvalue weighted by Crippen LogP contribution is 2.10. The van der Waals surface area contributed by atoms with Crippen LogP contribution >= 0.6 is 0 Å². The molecule has 0 bridgehead atoms. The number of benzene rings is 1. The lowest BCUT2D eigenvalue weighted by Gasteiger charge is -2.02. The molecule has 1 rings (SSSR count). The van der Waals surface area contributed by atoms with E-state index in [0.29, 0.717) is 0 Å². The maximum absolute atomic E-state index is 2.27. The lowest BCUT2D eigenvalue weighted by Crippen LogP contribution is -1.86. The summed E-state index contributed by atoms with van der Waals surface area (Å²) in [5.74, 6) is 0. The predicted octanol–water partition coefficient (Wildman–Crippen LogP) is 4.53. The van der Waals surface area contributed by atoms with Gasteiger partial charge in [0.1, 0.15) is 0 Å². The maximum Gasteiger partial charge on any atom is -0.00667 e. The first-order valence-corrected chi connectivity index (χ1v) is 5.60. The molecule has 0 saturated heterocycles. The minimum Gasteiger partial charge on any atom is -0.0819 e. The summed E-state index contributed by atoms with van der Waals surface area (Å²) in [4.78, 5) is 0. The quantitative estimate of drug-likeness (QED) is 0.626. The summed E-state index contributed by atoms with van der Waals surface area (Å²) in [5, 5.41) is 0. The van der Waals surface area contributed by atoms with E-state index in [9.17, 15) is 0 Å². The van der Waals surface area contributed by atoms with Gasteiger partial charge in [-0.1, -0.05) is 60.6 Å². The van der Waals surface area contributed by atoms with Crippen LogP contribution in [0, 0.1) is 0 Å². The van der Waals surface area contributed by atoms with Crippen molar-refractivity contribution in [3.8, 4) is 0 Å². The summed E-state index contributed by atoms with van der Waals surface area (Å²) in [6.45, 7) is 6.53. The minimum atomic E-state index is 1.05. The van der Waals surface area contributed by atoms with Crippen molar-refractivity contribution in [3.05, 3.63) is 59.2 Å². The van der Waals surface area contributed by atoms with E-state index in [1.807, 2.05) is 0 Å². The Labute approximate surface area is 93.3 Å². The van der Waals surface area contributed by atoms with Gasteiger partial charge in [-0.2, -0.15) is 0 Å². The third-order valence-electron chi connectivity index (χ3n) is 2.33. The Morgan fingerprint density at radius 3 is 2.40 bits per heavy atom. The van der Waals surface area contributed by atoms with Crippen LogP contribution in [-0.4, -0.2) is 0 Å². The lowest BCUT2D eigenvalue weighted by molar-refractivity contribution is 1.13. The van der Waals surface area contributed by atoms with Crippen LogP contribution in [0.4, 0.5) is 0 Å². The number of rotatable bonds is 4. The lowest BCUT2D eigenvalue weighted by atomic mass is 10.0. The van der Waals surface area contributed by atoms with Gasteiger partial charge >= 0.3 is 0 Å². The number of hydrogen-bond acceptors (Lipinski definition) is 0. The molecule has 0 saturated carbocycles. The van der Waals surface area contributed by atoms with Crippen LogP contribution in [0.1, 0.15) is 32.8 Å². The van der Waals surface area contributed by atoms with Crippen molar-refractivity contribution in [2.45, 2.75) is 33.6 Å². The first-order valence-electron chi connectivity index (χ1n) is 5.60. The summed E-state index contributed by atoms with van der Waals surface area (Å²) in [7, 11) is 0. The minimum absolute atomic E-state index is 1.05. The van der Waals surface area contributed by atoms with E-state index in [1.54, 1.807) is 0 Å². The summed E-state index contributed by atoms with van der Waals surface area (Å²) < 4.78 is 0. The first kappa shape index (κ1) is 11.8. The van der Waals surface area contributed by atoms with Crippen molar-refractivity contribution in [3.63, 3.8) is 0 Å². The van der Waals surface area contributed by atoms with Crippen LogP contribution in [0.25, 0.3) is 0 Å². The van der Waals surface area contributed by atoms with Gasteiger partial charge in [0.15, 0.2) is 0 Å². The number of hydrogen-bond donors (Lipinski definition) is 0. The Morgan fingerprint density at radius 1 is 1.13 bits per heavy atom. The van der Waals surface area contributed by atoms with Gasteiger partial charge < -0.3 is 0 Å². The molecule has 0 aliphatic carbocycles. The van der Waals surface area contributed by atoms with Gasteiger partial charge in [-0.3, -0.25) is 0 Å². The van der Waals surface area contributed by atoms with Crippen molar-refractivity contribution in [2.24, 2.45) is 0 Å². The van der Waals surface area contributed by atoms with E-state index in [2.05, 4.69) is 63.3 Å². The van der Waals surface area contributed by atoms with Gasteiger partial charge in [0.2, 0.25) is 0 Å². The highest BCUT2D eigenvalue weighted by Gasteiger charge is 1.93. The molecule has 1 aromatic rings. The highest BCUT2D eigenvalue weighted by atomic mass is 14.0. The SMILES string of the molecule is CC/C=C(C)\C=C(\C)Cc1ccccc1. The molecule has 0 radical (unpaired) electrons. The van der Waals surface area contributed by atoms with Crippen molar-refractivity contribution in [2.75, 3.05) is 0 Å². The largest absolute Gasteiger partial charge is 0.0819 e. The molecule has 0 amide bonds. The van der Waals surface area contributed by atoms with Gasteiger partial charge in [-0.05, 0) is 32.3 Å². The molecule has 0 heterocycles. The van der Waals surface area contributed by atoms with E-state index in [0.717, 1.165) is 12.8 Å². The van der Waals surface area contributed by atoms with Gasteiger partial charge in [0, 0.05) is 0 Å². The van der Waals surface area contributed by atoms with Crippen LogP contribution in [0.5, 0.6) is 0 Å². The summed E-state index contributed by atoms with van der Waals surface area (Å²) in [6, 6.07) is 10.6. The molecule has 0 aromatic heterocycles. The molecule has 0 fully saturated rings. The zero-order valence-electron chi connectivity index (χ0n) is 9.96. The summed E-state index contributed by atoms with van der Waals surface area (Å²) >= 11 is 0. The Bertz CT molecular complexity index is 342. The fourth-order valence-electron chi connectivity index (χ4n) is 1.74. The van der Waals surface area contributed by atoms with Gasteiger partial charge in [0.25, 0.3) is 0 Å². The van der Waals surface area contributed by atoms with Crippen molar-refractivity contribution in [1.29, 1.82) is 0 Å². The van der Waals surface area contributed by atoms with Gasteiger partial charge in [-0.15, -0.1) is 0 Å². The van der Waals surface area contributed by atoms with Crippen molar-refractivity contribution in [1.82, 2.24) is 0 Å². The third kappa shape index (κ3) is 4.64. The van der Waals surface area contributed by atoms with E-state index in [-0.39, 0.29) is 0 Å². The topological polar surface area (TPSA) is 0 Å². The second kappa shape index (κ2) is 6.23. The molecular formula is C15H20. The molecule has 0 unspecified atom stereocenters. The number of allylic oxidation sites excluding steroid dienone is 4. The first-order chi connectivity index (χ1) is 7.22. The molecule has 0 nitrogen and oxygen atoms in total. The van der Waals surface area contributed by atoms with Crippen molar-refractivity contribution >= 4 is 0 Å². The van der Waals surface area contributed by atoms with Crippen LogP contribution in [0.2, 0.25) is 0 Å². The van der Waals surface area contributed by atoms with Crippen LogP contribution in [0.15, 0.2) is 53.6 Å². The molecule has 1 aromatic carbocycles. The zero-order chi connectivity index (χ0) is 11.1. The Hall–Kier alpha value is -1.30. The Kier molecular flexibility index (Phi) is 4.89. The molecule has 80 valence electrons. The van der Waals surface area contributed by atoms with E-state index >= 15 is 0 Å². The molecule has 15 heavy (non-hydrogen) atoms. The molecule has 0 heteroatoms. The second-order valence-electron chi connectivity index (χ2n) is 4.01. The zero-order valence-corrected chi connectivity index (χ0v) is 9.96. The Balaban J connectivity index is 2.63. The van der Waals surface area contributed by atoms with Crippen LogP contribution in [0.3, 0.4) is 0 Å². The smallest absolute Gasteiger partial charge is 0.00667 e. The standard InChI is InChI=1S/C15H20/c1-4-8-13(2)11-14(3)12-15-9-6-5-7-10-15/h5-11H,4,12H2,1-3H3/b13-8-,14-11-. The fraction of sp³-hybridized carbons (Fsp3) is 0.333. The van der Waals surface area contributed by atoms with Crippen molar-refractivity contribution < 1.29 is 0 Å². The normalized spacial score (nSPS) is 13.0. The molecular weight excluding hydrogens is 180 g/mol. The molecule has 0 aliphatic rings. The molecule has 0 atom stereocenters. The summed E-state index contributed by atoms with van der Waals surface area (Å²) in [6.07, 6.45) is 6.70. The fourth-order valence-corrected chi connectivity index (χ4v) is 1.74. The Morgan fingerprint density at radius 2 is 1.80 bits per heavy atom. The predicted molar refractivity (Wildman–Crippen MR) is 68.0 cm³/mol. The molecule has 0 N–H and O–H groups in total. The maximum atomic E-state index is 2.27. The van der Waals surface area contributed by atoms with Crippen LogP contribution < -0.4 is 0 Å². The van der Waals surface area contributed by atoms with Gasteiger partial charge in [0.05, 0.1) is 0 Å². The van der Waals surface area contributed by atoms with E-state index in [1.165, 1.54) is 16.7 Å². The molecule has 0 spiro atoms. The van der Waals surface area contributed by atoms with Crippen LogP contribution in [-0.2, 0) is 6.42 Å². The third-order valence-corrected chi connectivity index (χ3v) is 2.33. The monoisotopic (exact) mass is 200 g/mol. The average Bonchev–Trinajstić information content (AvgIpc) is 2.19. The van der Waals surface area contributed by atoms with E-state index in [4.69, 9.17) is 0 Å². The second-order valence-corrected chi connectivity index (χ2v) is 4.01. The van der Waals surface area contributed by atoms with Gasteiger partial charge in [-0.25, -0.2) is 0 Å². The highest BCUT2D eigenvalue weighted by molar-refractivity contribution is 5.26. The van der Waals surface area contributed by atoms with E-state index < -0.39 is 0 Å². The molecule has 0 aliphatic heterocycles. The summed E-state index contributed by atoms with van der Waals surface area (Å²) in [5.41, 5.74) is 4.17. The average molecular weight is 200 g/mol.